The minimum absolute atomic E-state index is 0.330. The standard InChI is InChI=1S/C55H52N4O6/c1-55(2,37-13-25-47(26-14-37)64-51-11-7-9-49(56-39-17-29-43(60-3)30-18-39)53(51)58-41-21-33-45(62-5)34-22-41)38-15-27-48(28-16-38)65-52-12-8-10-50(57-40-19-31-44(61-4)32-20-40)54(52)59-42-23-35-46(63-6)36-24-42/h7-36,56-59H,1-6H3. The molecule has 8 aromatic carbocycles. The molecule has 0 atom stereocenters. The summed E-state index contributed by atoms with van der Waals surface area (Å²) in [6.45, 7) is 4.43. The molecular weight excluding hydrogens is 813 g/mol. The van der Waals surface area contributed by atoms with Crippen molar-refractivity contribution in [2.24, 2.45) is 0 Å². The first-order valence-corrected chi connectivity index (χ1v) is 21.2. The second-order valence-electron chi connectivity index (χ2n) is 15.6. The molecule has 0 spiro atoms. The zero-order chi connectivity index (χ0) is 45.2. The average Bonchev–Trinajstić information content (AvgIpc) is 3.34. The van der Waals surface area contributed by atoms with Crippen LogP contribution in [0, 0.1) is 0 Å². The Morgan fingerprint density at radius 2 is 0.585 bits per heavy atom. The van der Waals surface area contributed by atoms with Crippen LogP contribution in [0.25, 0.3) is 0 Å². The van der Waals surface area contributed by atoms with Crippen molar-refractivity contribution in [3.8, 4) is 46.0 Å². The van der Waals surface area contributed by atoms with Gasteiger partial charge >= 0.3 is 0 Å². The summed E-state index contributed by atoms with van der Waals surface area (Å²) in [6, 6.07) is 59.6. The van der Waals surface area contributed by atoms with Gasteiger partial charge in [-0.2, -0.15) is 0 Å². The highest BCUT2D eigenvalue weighted by molar-refractivity contribution is 5.85. The highest BCUT2D eigenvalue weighted by Gasteiger charge is 2.24. The van der Waals surface area contributed by atoms with Gasteiger partial charge in [-0.25, -0.2) is 0 Å². The van der Waals surface area contributed by atoms with E-state index in [-0.39, 0.29) is 5.41 Å². The number of hydrogen-bond acceptors (Lipinski definition) is 10. The number of anilines is 8. The number of para-hydroxylation sites is 2. The Kier molecular flexibility index (Phi) is 13.3. The predicted molar refractivity (Wildman–Crippen MR) is 263 cm³/mol. The Morgan fingerprint density at radius 1 is 0.308 bits per heavy atom. The molecule has 0 bridgehead atoms. The van der Waals surface area contributed by atoms with Gasteiger partial charge in [0.25, 0.3) is 0 Å². The van der Waals surface area contributed by atoms with Gasteiger partial charge in [0.1, 0.15) is 45.9 Å². The highest BCUT2D eigenvalue weighted by atomic mass is 16.5. The lowest BCUT2D eigenvalue weighted by atomic mass is 9.78. The molecule has 0 aromatic heterocycles. The Labute approximate surface area is 380 Å². The van der Waals surface area contributed by atoms with E-state index in [1.165, 1.54) is 0 Å². The maximum absolute atomic E-state index is 6.61. The van der Waals surface area contributed by atoms with Crippen molar-refractivity contribution in [3.05, 3.63) is 193 Å². The van der Waals surface area contributed by atoms with Gasteiger partial charge in [0.15, 0.2) is 11.5 Å². The summed E-state index contributed by atoms with van der Waals surface area (Å²) in [5.74, 6) is 5.85. The van der Waals surface area contributed by atoms with E-state index in [1.807, 2.05) is 158 Å². The van der Waals surface area contributed by atoms with E-state index in [0.29, 0.717) is 23.0 Å². The van der Waals surface area contributed by atoms with E-state index in [1.54, 1.807) is 28.4 Å². The van der Waals surface area contributed by atoms with Crippen molar-refractivity contribution in [2.45, 2.75) is 19.3 Å². The van der Waals surface area contributed by atoms with E-state index in [0.717, 1.165) is 79.6 Å². The number of methoxy groups -OCH3 is 4. The summed E-state index contributed by atoms with van der Waals surface area (Å²) in [4.78, 5) is 0. The lowest BCUT2D eigenvalue weighted by Gasteiger charge is -2.27. The summed E-state index contributed by atoms with van der Waals surface area (Å²) >= 11 is 0. The van der Waals surface area contributed by atoms with Gasteiger partial charge in [-0.15, -0.1) is 0 Å². The highest BCUT2D eigenvalue weighted by Crippen LogP contribution is 2.43. The Hall–Kier alpha value is -8.24. The van der Waals surface area contributed by atoms with Crippen molar-refractivity contribution >= 4 is 45.5 Å². The second kappa shape index (κ2) is 19.9. The Balaban J connectivity index is 1.01. The minimum atomic E-state index is -0.330. The first-order chi connectivity index (χ1) is 31.7. The zero-order valence-corrected chi connectivity index (χ0v) is 37.3. The van der Waals surface area contributed by atoms with Crippen LogP contribution >= 0.6 is 0 Å². The molecular formula is C55H52N4O6. The lowest BCUT2D eigenvalue weighted by molar-refractivity contribution is 0.415. The SMILES string of the molecule is COc1ccc(Nc2cccc(Oc3ccc(C(C)(C)c4ccc(Oc5cccc(Nc6ccc(OC)cc6)c5Nc5ccc(OC)cc5)cc4)cc3)c2Nc2ccc(OC)cc2)cc1. The summed E-state index contributed by atoms with van der Waals surface area (Å²) in [6.07, 6.45) is 0. The van der Waals surface area contributed by atoms with Crippen LogP contribution in [-0.4, -0.2) is 28.4 Å². The fourth-order valence-electron chi connectivity index (χ4n) is 7.30. The summed E-state index contributed by atoms with van der Waals surface area (Å²) < 4.78 is 34.7. The van der Waals surface area contributed by atoms with Crippen LogP contribution in [-0.2, 0) is 5.41 Å². The van der Waals surface area contributed by atoms with Crippen LogP contribution in [0.4, 0.5) is 45.5 Å². The summed E-state index contributed by atoms with van der Waals surface area (Å²) in [5.41, 5.74) is 8.77. The van der Waals surface area contributed by atoms with E-state index in [9.17, 15) is 0 Å². The summed E-state index contributed by atoms with van der Waals surface area (Å²) in [5, 5.41) is 14.2. The van der Waals surface area contributed by atoms with Crippen LogP contribution in [0.5, 0.6) is 46.0 Å². The van der Waals surface area contributed by atoms with Gasteiger partial charge in [-0.3, -0.25) is 0 Å². The molecule has 4 N–H and O–H groups in total. The first kappa shape index (κ1) is 43.4. The van der Waals surface area contributed by atoms with Gasteiger partial charge in [0.2, 0.25) is 0 Å². The van der Waals surface area contributed by atoms with Gasteiger partial charge in [-0.1, -0.05) is 50.2 Å². The Morgan fingerprint density at radius 3 is 0.877 bits per heavy atom. The molecule has 10 nitrogen and oxygen atoms in total. The molecule has 8 aromatic rings. The largest absolute Gasteiger partial charge is 0.497 e. The van der Waals surface area contributed by atoms with Crippen molar-refractivity contribution < 1.29 is 28.4 Å². The number of ether oxygens (including phenoxy) is 6. The summed E-state index contributed by atoms with van der Waals surface area (Å²) in [7, 11) is 6.63. The molecule has 0 heterocycles. The molecule has 0 aliphatic heterocycles. The number of hydrogen-bond donors (Lipinski definition) is 4. The zero-order valence-electron chi connectivity index (χ0n) is 37.3. The molecule has 0 fully saturated rings. The molecule has 10 heteroatoms. The van der Waals surface area contributed by atoms with Gasteiger partial charge < -0.3 is 49.7 Å². The van der Waals surface area contributed by atoms with Crippen molar-refractivity contribution in [1.82, 2.24) is 0 Å². The van der Waals surface area contributed by atoms with E-state index in [4.69, 9.17) is 28.4 Å². The fourth-order valence-corrected chi connectivity index (χ4v) is 7.30. The number of rotatable bonds is 18. The quantitative estimate of drug-likeness (QED) is 0.0667. The monoisotopic (exact) mass is 864 g/mol. The number of nitrogens with one attached hydrogen (secondary N) is 4. The van der Waals surface area contributed by atoms with Crippen LogP contribution < -0.4 is 49.7 Å². The maximum Gasteiger partial charge on any atom is 0.153 e. The number of benzene rings is 8. The molecule has 0 aliphatic carbocycles. The third-order valence-corrected chi connectivity index (χ3v) is 11.1. The fraction of sp³-hybridized carbons (Fsp3) is 0.127. The molecule has 0 amide bonds. The van der Waals surface area contributed by atoms with Gasteiger partial charge in [-0.05, 0) is 157 Å². The average molecular weight is 865 g/mol. The molecule has 0 aliphatic rings. The molecule has 0 saturated carbocycles. The normalized spacial score (nSPS) is 10.9. The molecule has 0 unspecified atom stereocenters. The predicted octanol–water partition coefficient (Wildman–Crippen LogP) is 14.6. The first-order valence-electron chi connectivity index (χ1n) is 21.2. The van der Waals surface area contributed by atoms with Gasteiger partial charge in [0, 0.05) is 28.2 Å². The molecule has 8 rings (SSSR count). The lowest BCUT2D eigenvalue weighted by Crippen LogP contribution is -2.18. The van der Waals surface area contributed by atoms with E-state index in [2.05, 4.69) is 59.4 Å². The van der Waals surface area contributed by atoms with Crippen LogP contribution in [0.3, 0.4) is 0 Å². The Bertz CT molecular complexity index is 2600. The minimum Gasteiger partial charge on any atom is -0.497 e. The molecule has 0 saturated heterocycles. The van der Waals surface area contributed by atoms with Crippen molar-refractivity contribution in [1.29, 1.82) is 0 Å². The third kappa shape index (κ3) is 10.5. The van der Waals surface area contributed by atoms with Crippen molar-refractivity contribution in [3.63, 3.8) is 0 Å². The van der Waals surface area contributed by atoms with Crippen LogP contribution in [0.1, 0.15) is 25.0 Å². The second-order valence-corrected chi connectivity index (χ2v) is 15.6. The van der Waals surface area contributed by atoms with E-state index >= 15 is 0 Å². The van der Waals surface area contributed by atoms with Gasteiger partial charge in [0.05, 0.1) is 39.8 Å². The van der Waals surface area contributed by atoms with Crippen molar-refractivity contribution in [2.75, 3.05) is 49.7 Å². The van der Waals surface area contributed by atoms with Crippen LogP contribution in [0.15, 0.2) is 182 Å². The van der Waals surface area contributed by atoms with E-state index < -0.39 is 0 Å². The smallest absolute Gasteiger partial charge is 0.153 e. The molecule has 65 heavy (non-hydrogen) atoms. The maximum atomic E-state index is 6.61. The third-order valence-electron chi connectivity index (χ3n) is 11.1. The molecule has 328 valence electrons. The molecule has 0 radical (unpaired) electrons. The topological polar surface area (TPSA) is 104 Å². The van der Waals surface area contributed by atoms with Crippen LogP contribution in [0.2, 0.25) is 0 Å².